The van der Waals surface area contributed by atoms with Gasteiger partial charge in [-0.1, -0.05) is 13.8 Å². The third kappa shape index (κ3) is 3.18. The second-order valence-electron chi connectivity index (χ2n) is 3.75. The summed E-state index contributed by atoms with van der Waals surface area (Å²) in [6.45, 7) is 5.05. The van der Waals surface area contributed by atoms with Crippen LogP contribution in [0.3, 0.4) is 0 Å². The fourth-order valence-corrected chi connectivity index (χ4v) is 1.09. The monoisotopic (exact) mass is 158 g/mol. The zero-order chi connectivity index (χ0) is 8.27. The molecular weight excluding hydrogens is 140 g/mol. The van der Waals surface area contributed by atoms with Gasteiger partial charge in [-0.05, 0) is 18.8 Å². The van der Waals surface area contributed by atoms with Crippen molar-refractivity contribution in [3.8, 4) is 0 Å². The van der Waals surface area contributed by atoms with Crippen molar-refractivity contribution in [2.75, 3.05) is 6.61 Å². The standard InChI is InChI=1S/C8H18N2O/c1-6(2)5-11-10-8-3-7(9)4-8/h6-8,10H,3-5,9H2,1-2H3. The Morgan fingerprint density at radius 3 is 2.64 bits per heavy atom. The SMILES string of the molecule is CC(C)CONC1CC(N)C1. The molecule has 0 heterocycles. The highest BCUT2D eigenvalue weighted by atomic mass is 16.6. The van der Waals surface area contributed by atoms with E-state index in [4.69, 9.17) is 10.6 Å². The third-order valence-corrected chi connectivity index (χ3v) is 1.84. The van der Waals surface area contributed by atoms with E-state index in [1.54, 1.807) is 0 Å². The van der Waals surface area contributed by atoms with Crippen LogP contribution in [0, 0.1) is 5.92 Å². The molecule has 1 fully saturated rings. The Balaban J connectivity index is 1.89. The lowest BCUT2D eigenvalue weighted by atomic mass is 9.88. The van der Waals surface area contributed by atoms with E-state index >= 15 is 0 Å². The topological polar surface area (TPSA) is 47.3 Å². The van der Waals surface area contributed by atoms with Gasteiger partial charge in [0.05, 0.1) is 6.61 Å². The van der Waals surface area contributed by atoms with Gasteiger partial charge < -0.3 is 10.6 Å². The van der Waals surface area contributed by atoms with Crippen LogP contribution in [0.25, 0.3) is 0 Å². The van der Waals surface area contributed by atoms with E-state index < -0.39 is 0 Å². The summed E-state index contributed by atoms with van der Waals surface area (Å²) in [7, 11) is 0. The Morgan fingerprint density at radius 1 is 1.55 bits per heavy atom. The van der Waals surface area contributed by atoms with Gasteiger partial charge in [0.1, 0.15) is 0 Å². The first-order valence-corrected chi connectivity index (χ1v) is 4.31. The van der Waals surface area contributed by atoms with E-state index in [0.717, 1.165) is 19.4 Å². The Labute approximate surface area is 68.2 Å². The number of nitrogens with one attached hydrogen (secondary N) is 1. The van der Waals surface area contributed by atoms with Crippen LogP contribution in [0.1, 0.15) is 26.7 Å². The number of hydrogen-bond acceptors (Lipinski definition) is 3. The molecule has 0 radical (unpaired) electrons. The Bertz CT molecular complexity index is 111. The Hall–Kier alpha value is -0.120. The van der Waals surface area contributed by atoms with Crippen molar-refractivity contribution >= 4 is 0 Å². The van der Waals surface area contributed by atoms with Gasteiger partial charge in [0.15, 0.2) is 0 Å². The van der Waals surface area contributed by atoms with Gasteiger partial charge in [0.2, 0.25) is 0 Å². The predicted molar refractivity (Wildman–Crippen MR) is 44.9 cm³/mol. The van der Waals surface area contributed by atoms with Crippen LogP contribution in [0.2, 0.25) is 0 Å². The zero-order valence-corrected chi connectivity index (χ0v) is 7.34. The summed E-state index contributed by atoms with van der Waals surface area (Å²) in [6.07, 6.45) is 2.11. The van der Waals surface area contributed by atoms with Gasteiger partial charge in [0, 0.05) is 12.1 Å². The van der Waals surface area contributed by atoms with Crippen molar-refractivity contribution in [2.45, 2.75) is 38.8 Å². The lowest BCUT2D eigenvalue weighted by Gasteiger charge is -2.32. The fourth-order valence-electron chi connectivity index (χ4n) is 1.09. The van der Waals surface area contributed by atoms with Crippen LogP contribution in [0.15, 0.2) is 0 Å². The van der Waals surface area contributed by atoms with Crippen molar-refractivity contribution < 1.29 is 4.84 Å². The molecule has 0 atom stereocenters. The van der Waals surface area contributed by atoms with Gasteiger partial charge in [-0.2, -0.15) is 5.48 Å². The largest absolute Gasteiger partial charge is 0.328 e. The van der Waals surface area contributed by atoms with E-state index in [0.29, 0.717) is 18.0 Å². The molecule has 0 aliphatic heterocycles. The number of rotatable bonds is 4. The molecule has 3 nitrogen and oxygen atoms in total. The van der Waals surface area contributed by atoms with Crippen molar-refractivity contribution in [2.24, 2.45) is 11.7 Å². The van der Waals surface area contributed by atoms with Crippen LogP contribution < -0.4 is 11.2 Å². The molecule has 0 aromatic rings. The lowest BCUT2D eigenvalue weighted by molar-refractivity contribution is -0.0204. The van der Waals surface area contributed by atoms with Crippen molar-refractivity contribution in [3.05, 3.63) is 0 Å². The van der Waals surface area contributed by atoms with E-state index in [2.05, 4.69) is 19.3 Å². The molecule has 3 heteroatoms. The van der Waals surface area contributed by atoms with Crippen molar-refractivity contribution in [1.29, 1.82) is 0 Å². The number of hydroxylamine groups is 1. The van der Waals surface area contributed by atoms with Gasteiger partial charge in [0.25, 0.3) is 0 Å². The second kappa shape index (κ2) is 4.04. The first-order chi connectivity index (χ1) is 5.18. The summed E-state index contributed by atoms with van der Waals surface area (Å²) in [6, 6.07) is 0.902. The molecule has 1 rings (SSSR count). The first-order valence-electron chi connectivity index (χ1n) is 4.31. The van der Waals surface area contributed by atoms with Gasteiger partial charge in [-0.3, -0.25) is 0 Å². The molecule has 1 saturated carbocycles. The second-order valence-corrected chi connectivity index (χ2v) is 3.75. The fraction of sp³-hybridized carbons (Fsp3) is 1.00. The van der Waals surface area contributed by atoms with Crippen LogP contribution in [-0.2, 0) is 4.84 Å². The zero-order valence-electron chi connectivity index (χ0n) is 7.34. The molecule has 0 bridgehead atoms. The molecule has 0 aromatic heterocycles. The maximum atomic E-state index is 5.60. The molecule has 0 unspecified atom stereocenters. The van der Waals surface area contributed by atoms with Crippen LogP contribution in [0.4, 0.5) is 0 Å². The summed E-state index contributed by atoms with van der Waals surface area (Å²) in [5.74, 6) is 0.594. The van der Waals surface area contributed by atoms with Gasteiger partial charge in [-0.25, -0.2) is 0 Å². The highest BCUT2D eigenvalue weighted by Crippen LogP contribution is 2.17. The molecule has 0 spiro atoms. The molecule has 0 aromatic carbocycles. The molecule has 1 aliphatic carbocycles. The average Bonchev–Trinajstić information content (AvgIpc) is 1.83. The summed E-state index contributed by atoms with van der Waals surface area (Å²) in [5, 5.41) is 0. The summed E-state index contributed by atoms with van der Waals surface area (Å²) < 4.78 is 0. The highest BCUT2D eigenvalue weighted by molar-refractivity contribution is 4.85. The molecule has 11 heavy (non-hydrogen) atoms. The maximum absolute atomic E-state index is 5.60. The van der Waals surface area contributed by atoms with E-state index in [-0.39, 0.29) is 0 Å². The van der Waals surface area contributed by atoms with Crippen LogP contribution >= 0.6 is 0 Å². The normalized spacial score (nSPS) is 30.5. The minimum atomic E-state index is 0.398. The first kappa shape index (κ1) is 8.97. The quantitative estimate of drug-likeness (QED) is 0.591. The van der Waals surface area contributed by atoms with Crippen LogP contribution in [-0.4, -0.2) is 18.7 Å². The molecule has 0 saturated heterocycles. The summed E-state index contributed by atoms with van der Waals surface area (Å²) in [4.78, 5) is 5.24. The average molecular weight is 158 g/mol. The van der Waals surface area contributed by atoms with Crippen molar-refractivity contribution in [3.63, 3.8) is 0 Å². The van der Waals surface area contributed by atoms with E-state index in [1.165, 1.54) is 0 Å². The molecule has 66 valence electrons. The summed E-state index contributed by atoms with van der Waals surface area (Å²) in [5.41, 5.74) is 8.61. The van der Waals surface area contributed by atoms with Gasteiger partial charge >= 0.3 is 0 Å². The maximum Gasteiger partial charge on any atom is 0.0705 e. The Morgan fingerprint density at radius 2 is 2.18 bits per heavy atom. The molecule has 0 amide bonds. The van der Waals surface area contributed by atoms with Gasteiger partial charge in [-0.15, -0.1) is 0 Å². The molecule has 3 N–H and O–H groups in total. The summed E-state index contributed by atoms with van der Waals surface area (Å²) >= 11 is 0. The number of hydrogen-bond donors (Lipinski definition) is 2. The molecule has 1 aliphatic rings. The molecular formula is C8H18N2O. The lowest BCUT2D eigenvalue weighted by Crippen LogP contribution is -2.48. The smallest absolute Gasteiger partial charge is 0.0705 e. The number of nitrogens with two attached hydrogens (primary N) is 1. The predicted octanol–water partition coefficient (Wildman–Crippen LogP) is 0.653. The minimum Gasteiger partial charge on any atom is -0.328 e. The van der Waals surface area contributed by atoms with Crippen LogP contribution in [0.5, 0.6) is 0 Å². The third-order valence-electron chi connectivity index (χ3n) is 1.84. The van der Waals surface area contributed by atoms with E-state index in [9.17, 15) is 0 Å². The minimum absolute atomic E-state index is 0.398. The highest BCUT2D eigenvalue weighted by Gasteiger charge is 2.25. The van der Waals surface area contributed by atoms with Crippen molar-refractivity contribution in [1.82, 2.24) is 5.48 Å². The van der Waals surface area contributed by atoms with E-state index in [1.807, 2.05) is 0 Å². The Kier molecular flexibility index (Phi) is 3.30.